The first-order chi connectivity index (χ1) is 9.54. The lowest BCUT2D eigenvalue weighted by molar-refractivity contribution is -0.131. The maximum absolute atomic E-state index is 10.6. The van der Waals surface area contributed by atoms with E-state index in [1.165, 1.54) is 0 Å². The number of carboxylic acid groups (broad SMARTS) is 1. The molecule has 1 heterocycles. The maximum Gasteiger partial charge on any atom is 0.328 e. The monoisotopic (exact) mass is 352 g/mol. The SMILES string of the molecule is Cc1ccc(OCc2cc(Br)cs2)c(C=CC(=O)O)c1. The molecule has 1 aromatic heterocycles. The standard InChI is InChI=1S/C15H13BrO3S/c1-10-2-4-14(11(6-10)3-5-15(17)18)19-8-13-7-12(16)9-20-13/h2-7,9H,8H2,1H3,(H,17,18). The van der Waals surface area contributed by atoms with Gasteiger partial charge in [0.25, 0.3) is 0 Å². The van der Waals surface area contributed by atoms with Gasteiger partial charge in [-0.05, 0) is 47.1 Å². The number of halogens is 1. The number of benzene rings is 1. The highest BCUT2D eigenvalue weighted by molar-refractivity contribution is 9.10. The van der Waals surface area contributed by atoms with E-state index < -0.39 is 5.97 Å². The van der Waals surface area contributed by atoms with Gasteiger partial charge in [0.05, 0.1) is 0 Å². The fourth-order valence-electron chi connectivity index (χ4n) is 1.67. The average molecular weight is 353 g/mol. The van der Waals surface area contributed by atoms with Crippen LogP contribution in [0.25, 0.3) is 6.08 Å². The molecule has 0 saturated carbocycles. The zero-order valence-electron chi connectivity index (χ0n) is 10.8. The van der Waals surface area contributed by atoms with Gasteiger partial charge in [-0.25, -0.2) is 4.79 Å². The molecule has 0 bridgehead atoms. The molecular formula is C15H13BrO3S. The molecule has 1 aromatic carbocycles. The van der Waals surface area contributed by atoms with Crippen LogP contribution in [0.4, 0.5) is 0 Å². The van der Waals surface area contributed by atoms with E-state index in [-0.39, 0.29) is 0 Å². The molecule has 0 aliphatic carbocycles. The summed E-state index contributed by atoms with van der Waals surface area (Å²) in [6.45, 7) is 2.42. The van der Waals surface area contributed by atoms with Crippen molar-refractivity contribution in [3.8, 4) is 5.75 Å². The van der Waals surface area contributed by atoms with Crippen molar-refractivity contribution >= 4 is 39.3 Å². The minimum atomic E-state index is -0.973. The predicted octanol–water partition coefficient (Wildman–Crippen LogP) is 4.50. The number of hydrogen-bond acceptors (Lipinski definition) is 3. The molecule has 0 unspecified atom stereocenters. The summed E-state index contributed by atoms with van der Waals surface area (Å²) < 4.78 is 6.81. The summed E-state index contributed by atoms with van der Waals surface area (Å²) in [5.41, 5.74) is 1.82. The molecule has 0 saturated heterocycles. The lowest BCUT2D eigenvalue weighted by Crippen LogP contribution is -1.96. The summed E-state index contributed by atoms with van der Waals surface area (Å²) in [5.74, 6) is -0.294. The van der Waals surface area contributed by atoms with E-state index in [2.05, 4.69) is 15.9 Å². The van der Waals surface area contributed by atoms with Crippen molar-refractivity contribution < 1.29 is 14.6 Å². The molecule has 0 fully saturated rings. The Morgan fingerprint density at radius 3 is 2.90 bits per heavy atom. The van der Waals surface area contributed by atoms with Crippen LogP contribution in [0.1, 0.15) is 16.0 Å². The van der Waals surface area contributed by atoms with Gasteiger partial charge in [-0.2, -0.15) is 0 Å². The normalized spacial score (nSPS) is 10.9. The molecule has 0 radical (unpaired) electrons. The van der Waals surface area contributed by atoms with Crippen molar-refractivity contribution in [3.63, 3.8) is 0 Å². The molecule has 5 heteroatoms. The molecule has 0 atom stereocenters. The van der Waals surface area contributed by atoms with E-state index in [1.54, 1.807) is 17.4 Å². The van der Waals surface area contributed by atoms with Crippen molar-refractivity contribution in [2.24, 2.45) is 0 Å². The fraction of sp³-hybridized carbons (Fsp3) is 0.133. The minimum Gasteiger partial charge on any atom is -0.487 e. The number of hydrogen-bond donors (Lipinski definition) is 1. The number of aliphatic carboxylic acids is 1. The molecule has 0 spiro atoms. The third kappa shape index (κ3) is 4.21. The van der Waals surface area contributed by atoms with E-state index in [0.29, 0.717) is 12.4 Å². The number of ether oxygens (including phenoxy) is 1. The fourth-order valence-corrected chi connectivity index (χ4v) is 3.03. The van der Waals surface area contributed by atoms with E-state index in [9.17, 15) is 4.79 Å². The Labute approximate surface area is 129 Å². The number of rotatable bonds is 5. The molecule has 1 N–H and O–H groups in total. The highest BCUT2D eigenvalue weighted by Crippen LogP contribution is 2.25. The zero-order valence-corrected chi connectivity index (χ0v) is 13.2. The van der Waals surface area contributed by atoms with Gasteiger partial charge in [-0.15, -0.1) is 11.3 Å². The number of carboxylic acids is 1. The van der Waals surface area contributed by atoms with Crippen LogP contribution in [0.3, 0.4) is 0 Å². The van der Waals surface area contributed by atoms with Crippen molar-refractivity contribution in [2.45, 2.75) is 13.5 Å². The second-order valence-electron chi connectivity index (χ2n) is 4.23. The summed E-state index contributed by atoms with van der Waals surface area (Å²) >= 11 is 5.01. The molecule has 104 valence electrons. The van der Waals surface area contributed by atoms with Crippen LogP contribution in [-0.2, 0) is 11.4 Å². The van der Waals surface area contributed by atoms with E-state index in [1.807, 2.05) is 36.6 Å². The first kappa shape index (κ1) is 14.8. The Kier molecular flexibility index (Phi) is 4.98. The van der Waals surface area contributed by atoms with Crippen LogP contribution in [0, 0.1) is 6.92 Å². The van der Waals surface area contributed by atoms with Crippen LogP contribution in [0.5, 0.6) is 5.75 Å². The minimum absolute atomic E-state index is 0.466. The lowest BCUT2D eigenvalue weighted by Gasteiger charge is -2.09. The Balaban J connectivity index is 2.15. The predicted molar refractivity (Wildman–Crippen MR) is 84.2 cm³/mol. The van der Waals surface area contributed by atoms with Gasteiger partial charge < -0.3 is 9.84 Å². The third-order valence-corrected chi connectivity index (χ3v) is 4.23. The summed E-state index contributed by atoms with van der Waals surface area (Å²) in [5, 5.41) is 10.7. The van der Waals surface area contributed by atoms with E-state index >= 15 is 0 Å². The van der Waals surface area contributed by atoms with Gasteiger partial charge >= 0.3 is 5.97 Å². The molecule has 0 aliphatic heterocycles. The Morgan fingerprint density at radius 1 is 1.45 bits per heavy atom. The second kappa shape index (κ2) is 6.72. The topological polar surface area (TPSA) is 46.5 Å². The van der Waals surface area contributed by atoms with Gasteiger partial charge in [-0.1, -0.05) is 11.6 Å². The molecule has 20 heavy (non-hydrogen) atoms. The highest BCUT2D eigenvalue weighted by Gasteiger charge is 2.04. The van der Waals surface area contributed by atoms with Gasteiger partial charge in [0.2, 0.25) is 0 Å². The molecule has 2 rings (SSSR count). The summed E-state index contributed by atoms with van der Waals surface area (Å²) in [7, 11) is 0. The van der Waals surface area contributed by atoms with E-state index in [0.717, 1.165) is 26.6 Å². The van der Waals surface area contributed by atoms with Gasteiger partial charge in [0.1, 0.15) is 12.4 Å². The Hall–Kier alpha value is -1.59. The number of carbonyl (C=O) groups is 1. The van der Waals surface area contributed by atoms with Crippen LogP contribution in [0.15, 0.2) is 40.2 Å². The smallest absolute Gasteiger partial charge is 0.328 e. The summed E-state index contributed by atoms with van der Waals surface area (Å²) in [6.07, 6.45) is 2.67. The third-order valence-electron chi connectivity index (χ3n) is 2.56. The van der Waals surface area contributed by atoms with Crippen LogP contribution in [-0.4, -0.2) is 11.1 Å². The van der Waals surface area contributed by atoms with Crippen LogP contribution >= 0.6 is 27.3 Å². The zero-order chi connectivity index (χ0) is 14.5. The summed E-state index contributed by atoms with van der Waals surface area (Å²) in [4.78, 5) is 11.7. The molecule has 3 nitrogen and oxygen atoms in total. The molecule has 0 aliphatic rings. The Morgan fingerprint density at radius 2 is 2.25 bits per heavy atom. The second-order valence-corrected chi connectivity index (χ2v) is 6.14. The largest absolute Gasteiger partial charge is 0.487 e. The van der Waals surface area contributed by atoms with E-state index in [4.69, 9.17) is 9.84 Å². The first-order valence-electron chi connectivity index (χ1n) is 5.92. The maximum atomic E-state index is 10.6. The highest BCUT2D eigenvalue weighted by atomic mass is 79.9. The van der Waals surface area contributed by atoms with Crippen molar-refractivity contribution in [3.05, 3.63) is 56.2 Å². The van der Waals surface area contributed by atoms with Gasteiger partial charge in [-0.3, -0.25) is 0 Å². The summed E-state index contributed by atoms with van der Waals surface area (Å²) in [6, 6.07) is 7.71. The quantitative estimate of drug-likeness (QED) is 0.806. The molecular weight excluding hydrogens is 340 g/mol. The number of aryl methyl sites for hydroxylation is 1. The van der Waals surface area contributed by atoms with Crippen molar-refractivity contribution in [1.29, 1.82) is 0 Å². The van der Waals surface area contributed by atoms with Crippen molar-refractivity contribution in [2.75, 3.05) is 0 Å². The van der Waals surface area contributed by atoms with Crippen LogP contribution in [0.2, 0.25) is 0 Å². The first-order valence-corrected chi connectivity index (χ1v) is 7.59. The lowest BCUT2D eigenvalue weighted by atomic mass is 10.1. The van der Waals surface area contributed by atoms with Gasteiger partial charge in [0.15, 0.2) is 0 Å². The Bertz CT molecular complexity index is 646. The van der Waals surface area contributed by atoms with Gasteiger partial charge in [0, 0.05) is 26.4 Å². The van der Waals surface area contributed by atoms with Crippen LogP contribution < -0.4 is 4.74 Å². The number of thiophene rings is 1. The average Bonchev–Trinajstić information content (AvgIpc) is 2.81. The molecule has 2 aromatic rings. The van der Waals surface area contributed by atoms with Crippen molar-refractivity contribution in [1.82, 2.24) is 0 Å². The molecule has 0 amide bonds.